The van der Waals surface area contributed by atoms with Crippen LogP contribution in [0.3, 0.4) is 0 Å². The van der Waals surface area contributed by atoms with E-state index >= 15 is 0 Å². The van der Waals surface area contributed by atoms with Gasteiger partial charge in [0.25, 0.3) is 5.91 Å². The lowest BCUT2D eigenvalue weighted by Crippen LogP contribution is -2.10. The SMILES string of the molecule is NC(=O)c1sc(NCCCOCC2CC2)cc1N. The predicted octanol–water partition coefficient (Wildman–Crippen LogP) is 1.66. The van der Waals surface area contributed by atoms with Crippen LogP contribution in [-0.2, 0) is 4.74 Å². The summed E-state index contributed by atoms with van der Waals surface area (Å²) in [5, 5.41) is 4.09. The Kier molecular flexibility index (Phi) is 4.43. The second-order valence-corrected chi connectivity index (χ2v) is 5.61. The Labute approximate surface area is 110 Å². The average molecular weight is 269 g/mol. The number of carbonyl (C=O) groups excluding carboxylic acids is 1. The van der Waals surface area contributed by atoms with Crippen LogP contribution in [0.2, 0.25) is 0 Å². The summed E-state index contributed by atoms with van der Waals surface area (Å²) in [7, 11) is 0. The van der Waals surface area contributed by atoms with Gasteiger partial charge in [0.05, 0.1) is 10.7 Å². The van der Waals surface area contributed by atoms with E-state index in [1.807, 2.05) is 0 Å². The van der Waals surface area contributed by atoms with Crippen molar-refractivity contribution in [3.63, 3.8) is 0 Å². The molecule has 1 saturated carbocycles. The maximum absolute atomic E-state index is 11.0. The summed E-state index contributed by atoms with van der Waals surface area (Å²) in [6.45, 7) is 2.48. The molecule has 0 atom stereocenters. The van der Waals surface area contributed by atoms with Gasteiger partial charge in [0.15, 0.2) is 0 Å². The van der Waals surface area contributed by atoms with E-state index < -0.39 is 5.91 Å². The lowest BCUT2D eigenvalue weighted by atomic mass is 10.4. The minimum atomic E-state index is -0.474. The molecule has 2 rings (SSSR count). The highest BCUT2D eigenvalue weighted by molar-refractivity contribution is 7.18. The fourth-order valence-corrected chi connectivity index (χ4v) is 2.46. The number of nitrogens with two attached hydrogens (primary N) is 2. The van der Waals surface area contributed by atoms with E-state index in [1.165, 1.54) is 24.2 Å². The Morgan fingerprint density at radius 2 is 2.33 bits per heavy atom. The van der Waals surface area contributed by atoms with Gasteiger partial charge in [0.2, 0.25) is 0 Å². The van der Waals surface area contributed by atoms with Crippen LogP contribution in [0.25, 0.3) is 0 Å². The van der Waals surface area contributed by atoms with Gasteiger partial charge >= 0.3 is 0 Å². The summed E-state index contributed by atoms with van der Waals surface area (Å²) in [5.74, 6) is 0.339. The molecule has 0 spiro atoms. The zero-order valence-electron chi connectivity index (χ0n) is 10.3. The second kappa shape index (κ2) is 6.06. The Morgan fingerprint density at radius 1 is 1.56 bits per heavy atom. The van der Waals surface area contributed by atoms with Crippen LogP contribution in [0.1, 0.15) is 28.9 Å². The van der Waals surface area contributed by atoms with Crippen molar-refractivity contribution >= 4 is 27.9 Å². The highest BCUT2D eigenvalue weighted by Crippen LogP contribution is 2.29. The number of ether oxygens (including phenoxy) is 1. The first-order valence-electron chi connectivity index (χ1n) is 6.17. The molecular weight excluding hydrogens is 250 g/mol. The van der Waals surface area contributed by atoms with E-state index in [0.29, 0.717) is 10.6 Å². The van der Waals surface area contributed by atoms with E-state index in [-0.39, 0.29) is 0 Å². The Bertz CT molecular complexity index is 415. The third kappa shape index (κ3) is 3.89. The predicted molar refractivity (Wildman–Crippen MR) is 73.9 cm³/mol. The number of hydrogen-bond donors (Lipinski definition) is 3. The molecular formula is C12H19N3O2S. The minimum absolute atomic E-state index is 0.419. The third-order valence-electron chi connectivity index (χ3n) is 2.80. The van der Waals surface area contributed by atoms with Gasteiger partial charge in [-0.1, -0.05) is 0 Å². The van der Waals surface area contributed by atoms with Gasteiger partial charge in [-0.2, -0.15) is 0 Å². The summed E-state index contributed by atoms with van der Waals surface area (Å²) in [5.41, 5.74) is 11.3. The number of carbonyl (C=O) groups is 1. The van der Waals surface area contributed by atoms with Crippen molar-refractivity contribution in [3.05, 3.63) is 10.9 Å². The number of anilines is 2. The van der Waals surface area contributed by atoms with E-state index in [0.717, 1.165) is 37.1 Å². The molecule has 0 saturated heterocycles. The Morgan fingerprint density at radius 3 is 2.94 bits per heavy atom. The fraction of sp³-hybridized carbons (Fsp3) is 0.583. The molecule has 0 unspecified atom stereocenters. The highest BCUT2D eigenvalue weighted by Gasteiger charge is 2.20. The number of thiophene rings is 1. The van der Waals surface area contributed by atoms with Gasteiger partial charge in [0.1, 0.15) is 4.88 Å². The molecule has 0 aliphatic heterocycles. The molecule has 1 aliphatic rings. The maximum Gasteiger partial charge on any atom is 0.260 e. The summed E-state index contributed by atoms with van der Waals surface area (Å²) in [6.07, 6.45) is 3.58. The van der Waals surface area contributed by atoms with Crippen molar-refractivity contribution in [3.8, 4) is 0 Å². The second-order valence-electron chi connectivity index (χ2n) is 4.56. The number of primary amides is 1. The van der Waals surface area contributed by atoms with Gasteiger partial charge < -0.3 is 21.5 Å². The first-order chi connectivity index (χ1) is 8.66. The molecule has 1 aromatic rings. The van der Waals surface area contributed by atoms with E-state index in [4.69, 9.17) is 16.2 Å². The van der Waals surface area contributed by atoms with Gasteiger partial charge in [-0.15, -0.1) is 11.3 Å². The molecule has 6 heteroatoms. The normalized spacial score (nSPS) is 14.7. The zero-order valence-corrected chi connectivity index (χ0v) is 11.1. The van der Waals surface area contributed by atoms with E-state index in [1.54, 1.807) is 6.07 Å². The zero-order chi connectivity index (χ0) is 13.0. The van der Waals surface area contributed by atoms with E-state index in [2.05, 4.69) is 5.32 Å². The molecule has 5 N–H and O–H groups in total. The van der Waals surface area contributed by atoms with Crippen LogP contribution in [0.4, 0.5) is 10.7 Å². The van der Waals surface area contributed by atoms with Crippen LogP contribution in [-0.4, -0.2) is 25.7 Å². The molecule has 1 fully saturated rings. The van der Waals surface area contributed by atoms with Gasteiger partial charge in [0, 0.05) is 19.8 Å². The van der Waals surface area contributed by atoms with Crippen LogP contribution in [0.15, 0.2) is 6.07 Å². The summed E-state index contributed by atoms with van der Waals surface area (Å²) in [6, 6.07) is 1.75. The molecule has 1 aliphatic carbocycles. The molecule has 0 bridgehead atoms. The Hall–Kier alpha value is -1.27. The van der Waals surface area contributed by atoms with Crippen molar-refractivity contribution in [2.45, 2.75) is 19.3 Å². The Balaban J connectivity index is 1.63. The lowest BCUT2D eigenvalue weighted by molar-refractivity contribution is 0.100. The lowest BCUT2D eigenvalue weighted by Gasteiger charge is -2.04. The van der Waals surface area contributed by atoms with Crippen LogP contribution in [0.5, 0.6) is 0 Å². The molecule has 5 nitrogen and oxygen atoms in total. The van der Waals surface area contributed by atoms with E-state index in [9.17, 15) is 4.79 Å². The van der Waals surface area contributed by atoms with Crippen LogP contribution in [0, 0.1) is 5.92 Å². The van der Waals surface area contributed by atoms with Crippen molar-refractivity contribution in [2.24, 2.45) is 11.7 Å². The van der Waals surface area contributed by atoms with Gasteiger partial charge in [-0.05, 0) is 31.2 Å². The topological polar surface area (TPSA) is 90.4 Å². The van der Waals surface area contributed by atoms with Gasteiger partial charge in [-0.3, -0.25) is 4.79 Å². The molecule has 100 valence electrons. The minimum Gasteiger partial charge on any atom is -0.397 e. The summed E-state index contributed by atoms with van der Waals surface area (Å²) < 4.78 is 5.53. The van der Waals surface area contributed by atoms with Gasteiger partial charge in [-0.25, -0.2) is 0 Å². The average Bonchev–Trinajstić information content (AvgIpc) is 3.06. The van der Waals surface area contributed by atoms with Crippen molar-refractivity contribution < 1.29 is 9.53 Å². The first-order valence-corrected chi connectivity index (χ1v) is 6.99. The molecule has 1 heterocycles. The fourth-order valence-electron chi connectivity index (χ4n) is 1.61. The van der Waals surface area contributed by atoms with Crippen LogP contribution < -0.4 is 16.8 Å². The van der Waals surface area contributed by atoms with Crippen LogP contribution >= 0.6 is 11.3 Å². The number of nitrogen functional groups attached to an aromatic ring is 1. The number of rotatable bonds is 8. The molecule has 18 heavy (non-hydrogen) atoms. The quantitative estimate of drug-likeness (QED) is 0.626. The standard InChI is InChI=1S/C12H19N3O2S/c13-9-6-10(18-11(9)12(14)16)15-4-1-5-17-7-8-2-3-8/h6,8,15H,1-5,7,13H2,(H2,14,16). The number of amides is 1. The molecule has 0 radical (unpaired) electrons. The third-order valence-corrected chi connectivity index (χ3v) is 3.92. The number of hydrogen-bond acceptors (Lipinski definition) is 5. The molecule has 1 amide bonds. The highest BCUT2D eigenvalue weighted by atomic mass is 32.1. The van der Waals surface area contributed by atoms with Crippen molar-refractivity contribution in [2.75, 3.05) is 30.8 Å². The molecule has 0 aromatic carbocycles. The maximum atomic E-state index is 11.0. The van der Waals surface area contributed by atoms with Crippen molar-refractivity contribution in [1.29, 1.82) is 0 Å². The van der Waals surface area contributed by atoms with Crippen molar-refractivity contribution in [1.82, 2.24) is 0 Å². The summed E-state index contributed by atoms with van der Waals surface area (Å²) >= 11 is 1.29. The monoisotopic (exact) mass is 269 g/mol. The summed E-state index contributed by atoms with van der Waals surface area (Å²) in [4.78, 5) is 11.4. The number of nitrogens with one attached hydrogen (secondary N) is 1. The largest absolute Gasteiger partial charge is 0.397 e. The first kappa shape index (κ1) is 13.2. The smallest absolute Gasteiger partial charge is 0.260 e. The molecule has 1 aromatic heterocycles.